The summed E-state index contributed by atoms with van der Waals surface area (Å²) in [4.78, 5) is 44.6. The smallest absolute Gasteiger partial charge is 0.354 e. The molecule has 33 heavy (non-hydrogen) atoms. The van der Waals surface area contributed by atoms with Gasteiger partial charge in [-0.1, -0.05) is 6.07 Å². The number of nitrogens with zero attached hydrogens (tertiary/aromatic N) is 4. The van der Waals surface area contributed by atoms with Crippen LogP contribution in [0.25, 0.3) is 5.69 Å². The Hall–Kier alpha value is -3.44. The first-order chi connectivity index (χ1) is 15.6. The molecule has 176 valence electrons. The lowest BCUT2D eigenvalue weighted by molar-refractivity contribution is -0.137. The number of amides is 3. The van der Waals surface area contributed by atoms with E-state index in [0.717, 1.165) is 5.56 Å². The molecule has 2 aliphatic heterocycles. The van der Waals surface area contributed by atoms with Gasteiger partial charge in [0.1, 0.15) is 18.2 Å². The number of hydrogen-bond acceptors (Lipinski definition) is 7. The number of aromatic nitrogens is 2. The topological polar surface area (TPSA) is 143 Å². The number of benzene rings is 1. The molecule has 3 heterocycles. The van der Waals surface area contributed by atoms with Crippen molar-refractivity contribution in [1.82, 2.24) is 19.4 Å². The van der Waals surface area contributed by atoms with Crippen LogP contribution in [-0.2, 0) is 11.2 Å². The van der Waals surface area contributed by atoms with Crippen molar-refractivity contribution in [3.8, 4) is 11.4 Å². The number of hydrogen-bond donors (Lipinski definition) is 3. The maximum Gasteiger partial charge on any atom is 0.354 e. The fourth-order valence-corrected chi connectivity index (χ4v) is 3.87. The van der Waals surface area contributed by atoms with E-state index in [1.807, 2.05) is 6.07 Å². The van der Waals surface area contributed by atoms with Gasteiger partial charge >= 0.3 is 11.7 Å². The van der Waals surface area contributed by atoms with Crippen molar-refractivity contribution >= 4 is 17.8 Å². The second kappa shape index (κ2) is 8.83. The quantitative estimate of drug-likeness (QED) is 0.587. The number of carbonyl (C=O) groups excluding carboxylic acids is 2. The highest BCUT2D eigenvalue weighted by Gasteiger charge is 2.31. The number of fused-ring (bicyclic) bond motifs is 1. The monoisotopic (exact) mass is 456 g/mol. The summed E-state index contributed by atoms with van der Waals surface area (Å²) >= 11 is 0. The van der Waals surface area contributed by atoms with Crippen LogP contribution in [0.4, 0.5) is 10.6 Å². The summed E-state index contributed by atoms with van der Waals surface area (Å²) in [5.74, 6) is 0.606. The molecule has 2 aliphatic rings. The van der Waals surface area contributed by atoms with Gasteiger partial charge in [-0.05, 0) is 31.5 Å². The van der Waals surface area contributed by atoms with Gasteiger partial charge in [-0.15, -0.1) is 0 Å². The van der Waals surface area contributed by atoms with Crippen LogP contribution in [0.15, 0.2) is 35.3 Å². The number of nitrogens with one attached hydrogen (secondary N) is 1. The van der Waals surface area contributed by atoms with Crippen molar-refractivity contribution < 1.29 is 19.4 Å². The van der Waals surface area contributed by atoms with Gasteiger partial charge in [0.25, 0.3) is 0 Å². The summed E-state index contributed by atoms with van der Waals surface area (Å²) in [6.45, 7) is 5.01. The van der Waals surface area contributed by atoms with Gasteiger partial charge in [0, 0.05) is 44.9 Å². The lowest BCUT2D eigenvalue weighted by atomic mass is 10.0. The third-order valence-electron chi connectivity index (χ3n) is 5.66. The maximum atomic E-state index is 12.6. The van der Waals surface area contributed by atoms with Crippen molar-refractivity contribution in [3.05, 3.63) is 46.5 Å². The van der Waals surface area contributed by atoms with E-state index in [-0.39, 0.29) is 24.4 Å². The molecule has 1 aromatic heterocycles. The molecule has 0 saturated carbocycles. The second-order valence-electron chi connectivity index (χ2n) is 8.86. The molecule has 1 unspecified atom stereocenters. The van der Waals surface area contributed by atoms with Gasteiger partial charge in [-0.2, -0.15) is 4.98 Å². The Kier molecular flexibility index (Phi) is 6.09. The van der Waals surface area contributed by atoms with Crippen LogP contribution < -0.4 is 21.5 Å². The molecule has 1 aromatic carbocycles. The minimum absolute atomic E-state index is 0.139. The molecule has 1 saturated heterocycles. The number of carbonyl (C=O) groups is 2. The average molecular weight is 457 g/mol. The zero-order valence-electron chi connectivity index (χ0n) is 18.7. The Bertz CT molecular complexity index is 1120. The summed E-state index contributed by atoms with van der Waals surface area (Å²) in [6.07, 6.45) is 1.50. The van der Waals surface area contributed by atoms with Crippen LogP contribution in [0.2, 0.25) is 0 Å². The first-order valence-electron chi connectivity index (χ1n) is 10.8. The molecular weight excluding hydrogens is 428 g/mol. The molecule has 3 amide bonds. The summed E-state index contributed by atoms with van der Waals surface area (Å²) in [5.41, 5.74) is 5.81. The van der Waals surface area contributed by atoms with E-state index in [2.05, 4.69) is 10.3 Å². The number of ether oxygens (including phenoxy) is 1. The summed E-state index contributed by atoms with van der Waals surface area (Å²) < 4.78 is 6.89. The molecule has 4 N–H and O–H groups in total. The zero-order chi connectivity index (χ0) is 23.8. The van der Waals surface area contributed by atoms with Gasteiger partial charge in [-0.25, -0.2) is 9.59 Å². The van der Waals surface area contributed by atoms with Crippen molar-refractivity contribution in [1.29, 1.82) is 0 Å². The fraction of sp³-hybridized carbons (Fsp3) is 0.455. The van der Waals surface area contributed by atoms with Crippen LogP contribution in [-0.4, -0.2) is 80.8 Å². The van der Waals surface area contributed by atoms with Crippen LogP contribution in [0, 0.1) is 0 Å². The molecule has 2 aromatic rings. The first-order valence-corrected chi connectivity index (χ1v) is 10.8. The first kappa shape index (κ1) is 22.7. The summed E-state index contributed by atoms with van der Waals surface area (Å²) in [5, 5.41) is 12.3. The molecule has 0 radical (unpaired) electrons. The van der Waals surface area contributed by atoms with Crippen LogP contribution >= 0.6 is 0 Å². The average Bonchev–Trinajstić information content (AvgIpc) is 2.78. The third kappa shape index (κ3) is 4.99. The number of piperazine rings is 1. The molecule has 11 nitrogen and oxygen atoms in total. The van der Waals surface area contributed by atoms with Gasteiger partial charge in [0.15, 0.2) is 0 Å². The van der Waals surface area contributed by atoms with Crippen molar-refractivity contribution in [3.63, 3.8) is 0 Å². The Morgan fingerprint density at radius 3 is 2.55 bits per heavy atom. The SMILES string of the molecule is CC(C)(N)C(=O)N1CCN(C(=O)Nc2ccn(-c3ccc4c(c3)OCC(O)C4)c(=O)n2)CC1. The van der Waals surface area contributed by atoms with E-state index >= 15 is 0 Å². The number of aliphatic hydroxyl groups is 1. The predicted molar refractivity (Wildman–Crippen MR) is 120 cm³/mol. The number of aliphatic hydroxyl groups excluding tert-OH is 1. The molecule has 0 spiro atoms. The van der Waals surface area contributed by atoms with Crippen molar-refractivity contribution in [2.75, 3.05) is 38.1 Å². The minimum atomic E-state index is -0.955. The Labute approximate surface area is 190 Å². The second-order valence-corrected chi connectivity index (χ2v) is 8.86. The van der Waals surface area contributed by atoms with Gasteiger partial charge in [0.05, 0.1) is 17.3 Å². The predicted octanol–water partition coefficient (Wildman–Crippen LogP) is -0.0583. The van der Waals surface area contributed by atoms with Crippen molar-refractivity contribution in [2.24, 2.45) is 5.73 Å². The Balaban J connectivity index is 1.40. The van der Waals surface area contributed by atoms with Crippen molar-refractivity contribution in [2.45, 2.75) is 31.9 Å². The summed E-state index contributed by atoms with van der Waals surface area (Å²) in [6, 6.07) is 6.45. The highest BCUT2D eigenvalue weighted by Crippen LogP contribution is 2.27. The highest BCUT2D eigenvalue weighted by molar-refractivity contribution is 5.89. The van der Waals surface area contributed by atoms with Gasteiger partial charge < -0.3 is 25.4 Å². The number of urea groups is 1. The normalized spacial score (nSPS) is 18.4. The van der Waals surface area contributed by atoms with E-state index in [0.29, 0.717) is 44.0 Å². The molecule has 0 aliphatic carbocycles. The molecule has 1 atom stereocenters. The number of rotatable bonds is 3. The zero-order valence-corrected chi connectivity index (χ0v) is 18.7. The van der Waals surface area contributed by atoms with E-state index in [9.17, 15) is 19.5 Å². The van der Waals surface area contributed by atoms with E-state index < -0.39 is 17.3 Å². The fourth-order valence-electron chi connectivity index (χ4n) is 3.87. The maximum absolute atomic E-state index is 12.6. The lowest BCUT2D eigenvalue weighted by Gasteiger charge is -2.37. The Morgan fingerprint density at radius 1 is 1.18 bits per heavy atom. The largest absolute Gasteiger partial charge is 0.491 e. The van der Waals surface area contributed by atoms with E-state index in [4.69, 9.17) is 10.5 Å². The lowest BCUT2D eigenvalue weighted by Crippen LogP contribution is -2.58. The van der Waals surface area contributed by atoms with Crippen LogP contribution in [0.5, 0.6) is 5.75 Å². The van der Waals surface area contributed by atoms with Gasteiger partial charge in [-0.3, -0.25) is 14.7 Å². The standard InChI is InChI=1S/C22H28N6O5/c1-22(2,23)19(30)26-7-9-27(10-8-26)20(31)24-18-5-6-28(21(32)25-18)15-4-3-14-11-16(29)13-33-17(14)12-15/h3-6,12,16,29H,7-11,13,23H2,1-2H3,(H,24,25,31,32). The van der Waals surface area contributed by atoms with E-state index in [1.165, 1.54) is 10.8 Å². The molecule has 1 fully saturated rings. The highest BCUT2D eigenvalue weighted by atomic mass is 16.5. The minimum Gasteiger partial charge on any atom is -0.491 e. The molecule has 0 bridgehead atoms. The molecule has 4 rings (SSSR count). The number of anilines is 1. The van der Waals surface area contributed by atoms with Gasteiger partial charge in [0.2, 0.25) is 5.91 Å². The number of nitrogens with two attached hydrogens (primary N) is 1. The molecule has 11 heteroatoms. The van der Waals surface area contributed by atoms with Crippen LogP contribution in [0.1, 0.15) is 19.4 Å². The summed E-state index contributed by atoms with van der Waals surface area (Å²) in [7, 11) is 0. The molecular formula is C22H28N6O5. The third-order valence-corrected chi connectivity index (χ3v) is 5.66. The van der Waals surface area contributed by atoms with E-state index in [1.54, 1.807) is 41.8 Å². The van der Waals surface area contributed by atoms with Crippen LogP contribution in [0.3, 0.4) is 0 Å². The Morgan fingerprint density at radius 2 is 1.88 bits per heavy atom.